The molecule has 1 aliphatic heterocycles. The first-order chi connectivity index (χ1) is 11.6. The van der Waals surface area contributed by atoms with Gasteiger partial charge in [0, 0.05) is 31.5 Å². The predicted octanol–water partition coefficient (Wildman–Crippen LogP) is 2.84. The fourth-order valence-corrected chi connectivity index (χ4v) is 3.26. The van der Waals surface area contributed by atoms with Gasteiger partial charge in [-0.1, -0.05) is 23.7 Å². The van der Waals surface area contributed by atoms with E-state index in [-0.39, 0.29) is 17.7 Å². The maximum atomic E-state index is 12.4. The number of nitrogens with one attached hydrogen (secondary N) is 1. The fraction of sp³-hybridized carbons (Fsp3) is 0.333. The normalized spacial score (nSPS) is 18.3. The monoisotopic (exact) mass is 345 g/mol. The predicted molar refractivity (Wildman–Crippen MR) is 93.1 cm³/mol. The third kappa shape index (κ3) is 4.24. The molecule has 3 rings (SSSR count). The number of halogens is 1. The van der Waals surface area contributed by atoms with Gasteiger partial charge in [0.1, 0.15) is 5.75 Å². The Bertz CT molecular complexity index is 723. The summed E-state index contributed by atoms with van der Waals surface area (Å²) in [6, 6.07) is 9.01. The van der Waals surface area contributed by atoms with Crippen molar-refractivity contribution >= 4 is 17.5 Å². The number of aromatic hydroxyl groups is 1. The summed E-state index contributed by atoms with van der Waals surface area (Å²) in [6.45, 7) is 2.53. The highest BCUT2D eigenvalue weighted by molar-refractivity contribution is 6.33. The molecule has 2 aromatic rings. The Kier molecular flexibility index (Phi) is 5.33. The quantitative estimate of drug-likeness (QED) is 0.894. The van der Waals surface area contributed by atoms with E-state index in [1.807, 2.05) is 12.1 Å². The Morgan fingerprint density at radius 3 is 3.08 bits per heavy atom. The smallest absolute Gasteiger partial charge is 0.253 e. The van der Waals surface area contributed by atoms with Crippen LogP contribution >= 0.6 is 11.6 Å². The average Bonchev–Trinajstić information content (AvgIpc) is 2.55. The lowest BCUT2D eigenvalue weighted by atomic mass is 10.0. The summed E-state index contributed by atoms with van der Waals surface area (Å²) in [5, 5.41) is 13.0. The fourth-order valence-electron chi connectivity index (χ4n) is 3.05. The summed E-state index contributed by atoms with van der Waals surface area (Å²) in [5.41, 5.74) is 1.52. The van der Waals surface area contributed by atoms with Crippen LogP contribution in [0.2, 0.25) is 5.02 Å². The summed E-state index contributed by atoms with van der Waals surface area (Å²) in [6.07, 6.45) is 5.01. The lowest BCUT2D eigenvalue weighted by Crippen LogP contribution is -2.47. The second-order valence-electron chi connectivity index (χ2n) is 6.07. The van der Waals surface area contributed by atoms with Crippen LogP contribution in [-0.2, 0) is 6.54 Å². The number of likely N-dealkylation sites (tertiary alicyclic amines) is 1. The van der Waals surface area contributed by atoms with Crippen LogP contribution in [-0.4, -0.2) is 40.0 Å². The van der Waals surface area contributed by atoms with Crippen LogP contribution in [0.4, 0.5) is 0 Å². The van der Waals surface area contributed by atoms with Crippen LogP contribution in [0.25, 0.3) is 0 Å². The zero-order valence-electron chi connectivity index (χ0n) is 13.3. The Morgan fingerprint density at radius 1 is 1.42 bits per heavy atom. The zero-order valence-corrected chi connectivity index (χ0v) is 14.0. The van der Waals surface area contributed by atoms with Crippen LogP contribution < -0.4 is 5.32 Å². The first-order valence-corrected chi connectivity index (χ1v) is 8.40. The number of aromatic nitrogens is 1. The van der Waals surface area contributed by atoms with Crippen LogP contribution in [0.5, 0.6) is 5.75 Å². The number of pyridine rings is 1. The van der Waals surface area contributed by atoms with Gasteiger partial charge >= 0.3 is 0 Å². The molecule has 0 spiro atoms. The molecule has 0 saturated carbocycles. The maximum absolute atomic E-state index is 12.4. The molecule has 1 unspecified atom stereocenters. The average molecular weight is 346 g/mol. The molecule has 2 N–H and O–H groups in total. The third-order valence-corrected chi connectivity index (χ3v) is 4.48. The van der Waals surface area contributed by atoms with E-state index in [1.54, 1.807) is 24.4 Å². The van der Waals surface area contributed by atoms with Crippen LogP contribution in [0.1, 0.15) is 28.8 Å². The maximum Gasteiger partial charge on any atom is 0.253 e. The van der Waals surface area contributed by atoms with Crippen molar-refractivity contribution in [3.63, 3.8) is 0 Å². The number of hydrogen-bond acceptors (Lipinski definition) is 4. The lowest BCUT2D eigenvalue weighted by Gasteiger charge is -2.33. The Labute approximate surface area is 146 Å². The number of benzene rings is 1. The molecule has 0 radical (unpaired) electrons. The van der Waals surface area contributed by atoms with E-state index in [0.717, 1.165) is 38.0 Å². The van der Waals surface area contributed by atoms with E-state index in [9.17, 15) is 9.90 Å². The molecule has 1 aliphatic rings. The van der Waals surface area contributed by atoms with E-state index < -0.39 is 0 Å². The van der Waals surface area contributed by atoms with Gasteiger partial charge in [-0.3, -0.25) is 14.7 Å². The molecule has 1 saturated heterocycles. The largest absolute Gasteiger partial charge is 0.508 e. The molecule has 1 aromatic heterocycles. The molecular weight excluding hydrogens is 326 g/mol. The first kappa shape index (κ1) is 16.7. The molecule has 1 aromatic carbocycles. The highest BCUT2D eigenvalue weighted by Gasteiger charge is 2.22. The number of rotatable bonds is 4. The summed E-state index contributed by atoms with van der Waals surface area (Å²) < 4.78 is 0. The number of carbonyl (C=O) groups excluding carboxylic acids is 1. The van der Waals surface area contributed by atoms with Crippen molar-refractivity contribution in [3.05, 3.63) is 58.9 Å². The van der Waals surface area contributed by atoms with E-state index in [4.69, 9.17) is 11.6 Å². The lowest BCUT2D eigenvalue weighted by molar-refractivity contribution is 0.0901. The van der Waals surface area contributed by atoms with Crippen LogP contribution in [0, 0.1) is 0 Å². The number of carbonyl (C=O) groups is 1. The highest BCUT2D eigenvalue weighted by Crippen LogP contribution is 2.18. The van der Waals surface area contributed by atoms with Gasteiger partial charge in [-0.15, -0.1) is 0 Å². The number of piperidine rings is 1. The van der Waals surface area contributed by atoms with Gasteiger partial charge in [0.15, 0.2) is 0 Å². The number of phenolic OH excluding ortho intramolecular Hbond substituents is 1. The molecule has 0 aliphatic carbocycles. The molecule has 0 bridgehead atoms. The van der Waals surface area contributed by atoms with Gasteiger partial charge in [-0.2, -0.15) is 0 Å². The second kappa shape index (κ2) is 7.64. The van der Waals surface area contributed by atoms with E-state index in [1.165, 1.54) is 6.20 Å². The number of phenols is 1. The van der Waals surface area contributed by atoms with Crippen LogP contribution in [0.3, 0.4) is 0 Å². The van der Waals surface area contributed by atoms with Crippen molar-refractivity contribution in [2.45, 2.75) is 25.4 Å². The molecule has 1 amide bonds. The molecule has 126 valence electrons. The van der Waals surface area contributed by atoms with Gasteiger partial charge in [0.25, 0.3) is 5.91 Å². The van der Waals surface area contributed by atoms with Gasteiger partial charge in [-0.05, 0) is 43.1 Å². The second-order valence-corrected chi connectivity index (χ2v) is 6.48. The van der Waals surface area contributed by atoms with E-state index in [0.29, 0.717) is 10.6 Å². The van der Waals surface area contributed by atoms with Crippen LogP contribution in [0.15, 0.2) is 42.7 Å². The molecule has 1 atom stereocenters. The van der Waals surface area contributed by atoms with E-state index >= 15 is 0 Å². The standard InChI is InChI=1S/C18H20ClN3O2/c19-17-10-20-7-6-16(17)18(24)21-14-4-2-8-22(12-14)11-13-3-1-5-15(23)9-13/h1,3,5-7,9-10,14,23H,2,4,8,11-12H2,(H,21,24). The van der Waals surface area contributed by atoms with Crippen molar-refractivity contribution in [1.82, 2.24) is 15.2 Å². The summed E-state index contributed by atoms with van der Waals surface area (Å²) in [5.74, 6) is 0.119. The number of hydrogen-bond donors (Lipinski definition) is 2. The minimum Gasteiger partial charge on any atom is -0.508 e. The summed E-state index contributed by atoms with van der Waals surface area (Å²) >= 11 is 6.03. The van der Waals surface area contributed by atoms with Crippen molar-refractivity contribution in [2.75, 3.05) is 13.1 Å². The minimum absolute atomic E-state index is 0.0905. The first-order valence-electron chi connectivity index (χ1n) is 8.02. The SMILES string of the molecule is O=C(NC1CCCN(Cc2cccc(O)c2)C1)c1ccncc1Cl. The molecule has 5 nitrogen and oxygen atoms in total. The van der Waals surface area contributed by atoms with Gasteiger partial charge in [0.2, 0.25) is 0 Å². The topological polar surface area (TPSA) is 65.5 Å². The number of nitrogens with zero attached hydrogens (tertiary/aromatic N) is 2. The Morgan fingerprint density at radius 2 is 2.29 bits per heavy atom. The Balaban J connectivity index is 1.59. The highest BCUT2D eigenvalue weighted by atomic mass is 35.5. The van der Waals surface area contributed by atoms with Crippen molar-refractivity contribution in [2.24, 2.45) is 0 Å². The summed E-state index contributed by atoms with van der Waals surface area (Å²) in [4.78, 5) is 18.6. The molecule has 1 fully saturated rings. The molecule has 2 heterocycles. The van der Waals surface area contributed by atoms with E-state index in [2.05, 4.69) is 15.2 Å². The van der Waals surface area contributed by atoms with Crippen molar-refractivity contribution in [1.29, 1.82) is 0 Å². The molecule has 6 heteroatoms. The van der Waals surface area contributed by atoms with Crippen molar-refractivity contribution in [3.8, 4) is 5.75 Å². The van der Waals surface area contributed by atoms with Gasteiger partial charge < -0.3 is 10.4 Å². The summed E-state index contributed by atoms with van der Waals surface area (Å²) in [7, 11) is 0. The Hall–Kier alpha value is -2.11. The van der Waals surface area contributed by atoms with Gasteiger partial charge in [-0.25, -0.2) is 0 Å². The number of amides is 1. The molecule has 24 heavy (non-hydrogen) atoms. The third-order valence-electron chi connectivity index (χ3n) is 4.17. The zero-order chi connectivity index (χ0) is 16.9. The molecular formula is C18H20ClN3O2. The van der Waals surface area contributed by atoms with Gasteiger partial charge in [0.05, 0.1) is 10.6 Å². The van der Waals surface area contributed by atoms with Crippen molar-refractivity contribution < 1.29 is 9.90 Å². The minimum atomic E-state index is -0.161.